The van der Waals surface area contributed by atoms with Crippen LogP contribution in [0, 0.1) is 6.92 Å². The Balaban J connectivity index is 0.000000263. The van der Waals surface area contributed by atoms with Gasteiger partial charge in [0.1, 0.15) is 5.75 Å². The van der Waals surface area contributed by atoms with E-state index >= 15 is 0 Å². The minimum atomic E-state index is -4.58. The summed E-state index contributed by atoms with van der Waals surface area (Å²) >= 11 is 10.9. The predicted molar refractivity (Wildman–Crippen MR) is 162 cm³/mol. The van der Waals surface area contributed by atoms with Crippen molar-refractivity contribution < 1.29 is 41.0 Å². The number of alkyl halides is 6. The minimum Gasteiger partial charge on any atom is -0.508 e. The third-order valence-electron chi connectivity index (χ3n) is 5.27. The molecule has 4 aromatic carbocycles. The van der Waals surface area contributed by atoms with Crippen LogP contribution >= 0.6 is 23.2 Å². The summed E-state index contributed by atoms with van der Waals surface area (Å²) in [5.41, 5.74) is 10.2. The number of urea groups is 2. The summed E-state index contributed by atoms with van der Waals surface area (Å²) in [4.78, 5) is 22.2. The van der Waals surface area contributed by atoms with E-state index in [2.05, 4.69) is 10.6 Å². The van der Waals surface area contributed by atoms with E-state index in [1.165, 1.54) is 12.1 Å². The van der Waals surface area contributed by atoms with Gasteiger partial charge < -0.3 is 32.5 Å². The molecule has 0 saturated carbocycles. The number of phenols is 1. The van der Waals surface area contributed by atoms with Crippen LogP contribution in [0.4, 0.5) is 58.7 Å². The number of rotatable bonds is 3. The van der Waals surface area contributed by atoms with Gasteiger partial charge in [-0.1, -0.05) is 40.9 Å². The Morgan fingerprint density at radius 2 is 1.07 bits per heavy atom. The van der Waals surface area contributed by atoms with E-state index in [1.54, 1.807) is 48.5 Å². The molecule has 0 fully saturated rings. The van der Waals surface area contributed by atoms with Gasteiger partial charge in [-0.15, -0.1) is 0 Å². The summed E-state index contributed by atoms with van der Waals surface area (Å²) in [5.74, 6) is 0.249. The Kier molecular flexibility index (Phi) is 12.7. The number of hydrogen-bond acceptors (Lipinski definition) is 4. The fourth-order valence-electron chi connectivity index (χ4n) is 3.19. The molecule has 0 bridgehead atoms. The van der Waals surface area contributed by atoms with Gasteiger partial charge in [-0.05, 0) is 79.7 Å². The molecular weight excluding hydrogens is 651 g/mol. The summed E-state index contributed by atoms with van der Waals surface area (Å²) in [6.07, 6.45) is -9.14. The minimum absolute atomic E-state index is 0.00124. The lowest BCUT2D eigenvalue weighted by atomic mass is 10.2. The van der Waals surface area contributed by atoms with Crippen LogP contribution in [0.1, 0.15) is 16.7 Å². The number of hydrogen-bond donors (Lipinski definition) is 6. The fourth-order valence-corrected chi connectivity index (χ4v) is 3.64. The van der Waals surface area contributed by atoms with E-state index in [1.807, 2.05) is 12.2 Å². The topological polar surface area (TPSA) is 142 Å². The van der Waals surface area contributed by atoms with Gasteiger partial charge in [0, 0.05) is 22.7 Å². The zero-order valence-electron chi connectivity index (χ0n) is 23.0. The highest BCUT2D eigenvalue weighted by Crippen LogP contribution is 2.37. The summed E-state index contributed by atoms with van der Waals surface area (Å²) in [5, 5.41) is 14.7. The number of carbonyl (C=O) groups excluding carboxylic acids is 2. The highest BCUT2D eigenvalue weighted by molar-refractivity contribution is 6.31. The van der Waals surface area contributed by atoms with E-state index in [0.29, 0.717) is 17.4 Å². The van der Waals surface area contributed by atoms with Crippen LogP contribution in [0.15, 0.2) is 84.9 Å². The molecule has 16 heteroatoms. The Labute approximate surface area is 262 Å². The molecule has 0 aromatic heterocycles. The van der Waals surface area contributed by atoms with Gasteiger partial charge in [0.25, 0.3) is 0 Å². The van der Waals surface area contributed by atoms with Crippen molar-refractivity contribution in [1.82, 2.24) is 0 Å². The lowest BCUT2D eigenvalue weighted by Gasteiger charge is -2.12. The van der Waals surface area contributed by atoms with Gasteiger partial charge in [-0.2, -0.15) is 26.3 Å². The van der Waals surface area contributed by atoms with Crippen molar-refractivity contribution >= 4 is 58.0 Å². The molecule has 0 radical (unpaired) electrons. The smallest absolute Gasteiger partial charge is 0.417 e. The molecule has 8 N–H and O–H groups in total. The second-order valence-corrected chi connectivity index (χ2v) is 9.73. The number of nitrogens with one attached hydrogen (secondary N) is 3. The Hall–Kier alpha value is -4.82. The van der Waals surface area contributed by atoms with Crippen molar-refractivity contribution in [2.75, 3.05) is 21.7 Å². The van der Waals surface area contributed by atoms with Crippen molar-refractivity contribution in [3.63, 3.8) is 0 Å². The van der Waals surface area contributed by atoms with Crippen LogP contribution in [0.5, 0.6) is 5.75 Å². The monoisotopic (exact) mass is 675 g/mol. The van der Waals surface area contributed by atoms with Gasteiger partial charge in [0.15, 0.2) is 0 Å². The maximum Gasteiger partial charge on any atom is 0.417 e. The number of nitrogen functional groups attached to an aromatic ring is 1. The van der Waals surface area contributed by atoms with Crippen molar-refractivity contribution in [3.05, 3.63) is 112 Å². The lowest BCUT2D eigenvalue weighted by molar-refractivity contribution is -0.138. The third kappa shape index (κ3) is 12.7. The van der Waals surface area contributed by atoms with Gasteiger partial charge in [0.05, 0.1) is 21.2 Å². The molecule has 0 aliphatic rings. The largest absolute Gasteiger partial charge is 0.508 e. The zero-order valence-corrected chi connectivity index (χ0v) is 24.5. The number of carbonyl (C=O) groups is 2. The summed E-state index contributed by atoms with van der Waals surface area (Å²) in [6, 6.07) is 18.0. The molecule has 0 aliphatic heterocycles. The van der Waals surface area contributed by atoms with Gasteiger partial charge >= 0.3 is 24.4 Å². The van der Waals surface area contributed by atoms with Crippen LogP contribution < -0.4 is 27.4 Å². The van der Waals surface area contributed by atoms with Gasteiger partial charge in [-0.3, -0.25) is 0 Å². The van der Waals surface area contributed by atoms with Crippen LogP contribution in [-0.2, 0) is 12.4 Å². The normalized spacial score (nSPS) is 10.8. The quantitative estimate of drug-likeness (QED) is 0.0731. The maximum atomic E-state index is 12.7. The molecule has 45 heavy (non-hydrogen) atoms. The fraction of sp³-hybridized carbons (Fsp3) is 0.103. The van der Waals surface area contributed by atoms with E-state index in [4.69, 9.17) is 39.8 Å². The first kappa shape index (κ1) is 36.4. The molecule has 4 amide bonds. The lowest BCUT2D eigenvalue weighted by Crippen LogP contribution is -2.19. The average Bonchev–Trinajstić information content (AvgIpc) is 2.93. The predicted octanol–water partition coefficient (Wildman–Crippen LogP) is 9.14. The number of anilines is 4. The molecule has 0 atom stereocenters. The van der Waals surface area contributed by atoms with E-state index < -0.39 is 45.6 Å². The molecule has 240 valence electrons. The maximum absolute atomic E-state index is 12.7. The highest BCUT2D eigenvalue weighted by atomic mass is 35.5. The first-order valence-corrected chi connectivity index (χ1v) is 13.1. The number of aryl methyl sites for hydroxylation is 1. The van der Waals surface area contributed by atoms with Crippen LogP contribution in [-0.4, -0.2) is 17.2 Å². The summed E-state index contributed by atoms with van der Waals surface area (Å²) < 4.78 is 75.2. The molecule has 0 heterocycles. The standard InChI is InChI=1S/C15H12ClF3N2O.C8H6ClF3N2O.C6H7NO/c1-9-2-4-10(5-3-9)20-14(22)21-11-6-7-13(16)12(8-11)15(17,18)19;9-6-2-1-4(14-7(13)15)3-5(6)8(10,11)12;7-5-1-3-6(8)4-2-5/h2-8H,1H3,(H2,20,21,22);1-3H,(H3,13,14,15);1-4,8H,7H2. The third-order valence-corrected chi connectivity index (χ3v) is 5.93. The second kappa shape index (κ2) is 15.8. The number of aromatic hydroxyl groups is 1. The van der Waals surface area contributed by atoms with Crippen LogP contribution in [0.3, 0.4) is 0 Å². The number of halogens is 8. The molecule has 0 spiro atoms. The Morgan fingerprint density at radius 1 is 0.667 bits per heavy atom. The molecule has 4 rings (SSSR count). The van der Waals surface area contributed by atoms with Crippen molar-refractivity contribution in [2.45, 2.75) is 19.3 Å². The van der Waals surface area contributed by atoms with Gasteiger partial charge in [-0.25, -0.2) is 9.59 Å². The Bertz CT molecular complexity index is 1580. The van der Waals surface area contributed by atoms with Crippen LogP contribution in [0.25, 0.3) is 0 Å². The Morgan fingerprint density at radius 3 is 1.47 bits per heavy atom. The molecule has 0 saturated heterocycles. The van der Waals surface area contributed by atoms with Gasteiger partial charge in [0.2, 0.25) is 0 Å². The van der Waals surface area contributed by atoms with E-state index in [-0.39, 0.29) is 17.1 Å². The first-order valence-electron chi connectivity index (χ1n) is 12.3. The molecular formula is C29H25Cl2F6N5O3. The van der Waals surface area contributed by atoms with Crippen molar-refractivity contribution in [2.24, 2.45) is 5.73 Å². The SMILES string of the molecule is Cc1ccc(NC(=O)Nc2ccc(Cl)c(C(F)(F)F)c2)cc1.NC(=O)Nc1ccc(Cl)c(C(F)(F)F)c1.Nc1ccc(O)cc1. The van der Waals surface area contributed by atoms with E-state index in [9.17, 15) is 35.9 Å². The number of nitrogens with two attached hydrogens (primary N) is 2. The zero-order chi connectivity index (χ0) is 33.9. The molecule has 4 aromatic rings. The summed E-state index contributed by atoms with van der Waals surface area (Å²) in [6.45, 7) is 1.90. The highest BCUT2D eigenvalue weighted by Gasteiger charge is 2.34. The number of primary amides is 1. The van der Waals surface area contributed by atoms with Crippen LogP contribution in [0.2, 0.25) is 10.0 Å². The van der Waals surface area contributed by atoms with E-state index in [0.717, 1.165) is 23.8 Å². The average molecular weight is 676 g/mol. The number of phenolic OH excluding ortho intramolecular Hbond substituents is 1. The second-order valence-electron chi connectivity index (χ2n) is 8.91. The number of benzene rings is 4. The number of amides is 4. The summed E-state index contributed by atoms with van der Waals surface area (Å²) in [7, 11) is 0. The van der Waals surface area contributed by atoms with Crippen molar-refractivity contribution in [3.8, 4) is 5.75 Å². The molecule has 8 nitrogen and oxygen atoms in total. The van der Waals surface area contributed by atoms with Crippen molar-refractivity contribution in [1.29, 1.82) is 0 Å². The molecule has 0 aliphatic carbocycles. The molecule has 0 unspecified atom stereocenters. The first-order chi connectivity index (χ1) is 20.8.